The average Bonchev–Trinajstić information content (AvgIpc) is 2.46. The molecular formula is C10H17N3O2. The number of carbonyl (C=O) groups excluding carboxylic acids is 1. The molecule has 0 aliphatic carbocycles. The van der Waals surface area contributed by atoms with Crippen LogP contribution in [-0.4, -0.2) is 22.4 Å². The Kier molecular flexibility index (Phi) is 3.14. The predicted octanol–water partition coefficient (Wildman–Crippen LogP) is 0.466. The van der Waals surface area contributed by atoms with Gasteiger partial charge in [0.15, 0.2) is 0 Å². The molecule has 0 bridgehead atoms. The minimum absolute atomic E-state index is 0.324. The van der Waals surface area contributed by atoms with E-state index in [4.69, 9.17) is 10.5 Å². The van der Waals surface area contributed by atoms with Crippen LogP contribution in [0.2, 0.25) is 0 Å². The topological polar surface area (TPSA) is 70.1 Å². The zero-order chi connectivity index (χ0) is 11.6. The lowest BCUT2D eigenvalue weighted by Crippen LogP contribution is -2.43. The Hall–Kier alpha value is -1.36. The highest BCUT2D eigenvalue weighted by molar-refractivity contribution is 5.82. The van der Waals surface area contributed by atoms with Gasteiger partial charge in [-0.15, -0.1) is 0 Å². The predicted molar refractivity (Wildman–Crippen MR) is 56.1 cm³/mol. The Morgan fingerprint density at radius 3 is 2.73 bits per heavy atom. The molecule has 1 rings (SSSR count). The van der Waals surface area contributed by atoms with E-state index in [0.717, 1.165) is 5.69 Å². The minimum atomic E-state index is -1.13. The third-order valence-corrected chi connectivity index (χ3v) is 2.27. The van der Waals surface area contributed by atoms with Crippen molar-refractivity contribution in [3.63, 3.8) is 0 Å². The first kappa shape index (κ1) is 11.7. The van der Waals surface area contributed by atoms with Gasteiger partial charge in [0.1, 0.15) is 5.54 Å². The van der Waals surface area contributed by atoms with E-state index >= 15 is 0 Å². The van der Waals surface area contributed by atoms with E-state index in [9.17, 15) is 4.79 Å². The molecule has 5 heteroatoms. The molecule has 1 heterocycles. The number of hydrogen-bond donors (Lipinski definition) is 1. The molecule has 0 saturated carbocycles. The molecule has 0 aliphatic heterocycles. The van der Waals surface area contributed by atoms with Gasteiger partial charge in [0.2, 0.25) is 0 Å². The molecule has 0 saturated heterocycles. The number of esters is 1. The van der Waals surface area contributed by atoms with E-state index in [2.05, 4.69) is 5.10 Å². The molecular weight excluding hydrogens is 194 g/mol. The maximum Gasteiger partial charge on any atom is 0.330 e. The first-order valence-corrected chi connectivity index (χ1v) is 4.86. The normalized spacial score (nSPS) is 14.7. The van der Waals surface area contributed by atoms with Gasteiger partial charge in [-0.05, 0) is 20.8 Å². The summed E-state index contributed by atoms with van der Waals surface area (Å²) in [5, 5.41) is 4.15. The van der Waals surface area contributed by atoms with Crippen molar-refractivity contribution in [2.24, 2.45) is 12.8 Å². The number of nitrogens with zero attached hydrogens (tertiary/aromatic N) is 2. The smallest absolute Gasteiger partial charge is 0.330 e. The molecule has 0 fully saturated rings. The van der Waals surface area contributed by atoms with Crippen molar-refractivity contribution in [3.05, 3.63) is 17.5 Å². The number of rotatable bonds is 3. The largest absolute Gasteiger partial charge is 0.464 e. The standard InChI is InChI=1S/C10H17N3O2/c1-5-15-9(14)10(3,11)8-6-13(4)12-7(8)2/h6H,5,11H2,1-4H3/t10-/m1/s1. The van der Waals surface area contributed by atoms with E-state index in [1.807, 2.05) is 6.92 Å². The van der Waals surface area contributed by atoms with E-state index in [1.54, 1.807) is 31.8 Å². The summed E-state index contributed by atoms with van der Waals surface area (Å²) in [6.07, 6.45) is 1.74. The quantitative estimate of drug-likeness (QED) is 0.738. The maximum atomic E-state index is 11.6. The highest BCUT2D eigenvalue weighted by Gasteiger charge is 2.35. The lowest BCUT2D eigenvalue weighted by atomic mass is 9.94. The van der Waals surface area contributed by atoms with Crippen LogP contribution in [0.1, 0.15) is 25.1 Å². The lowest BCUT2D eigenvalue weighted by Gasteiger charge is -2.21. The summed E-state index contributed by atoms with van der Waals surface area (Å²) in [6, 6.07) is 0. The fourth-order valence-corrected chi connectivity index (χ4v) is 1.50. The van der Waals surface area contributed by atoms with Gasteiger partial charge in [-0.3, -0.25) is 4.68 Å². The van der Waals surface area contributed by atoms with Gasteiger partial charge < -0.3 is 10.5 Å². The van der Waals surface area contributed by atoms with Crippen LogP contribution >= 0.6 is 0 Å². The second kappa shape index (κ2) is 4.02. The zero-order valence-corrected chi connectivity index (χ0v) is 9.57. The molecule has 5 nitrogen and oxygen atoms in total. The van der Waals surface area contributed by atoms with Crippen LogP contribution in [0.4, 0.5) is 0 Å². The molecule has 1 aromatic rings. The number of aromatic nitrogens is 2. The van der Waals surface area contributed by atoms with Gasteiger partial charge in [-0.1, -0.05) is 0 Å². The van der Waals surface area contributed by atoms with Gasteiger partial charge in [-0.25, -0.2) is 4.79 Å². The molecule has 0 unspecified atom stereocenters. The SMILES string of the molecule is CCOC(=O)[C@](C)(N)c1cn(C)nc1C. The van der Waals surface area contributed by atoms with Crippen molar-refractivity contribution < 1.29 is 9.53 Å². The second-order valence-corrected chi connectivity index (χ2v) is 3.72. The monoisotopic (exact) mass is 211 g/mol. The van der Waals surface area contributed by atoms with Crippen LogP contribution in [-0.2, 0) is 22.1 Å². The molecule has 0 amide bonds. The van der Waals surface area contributed by atoms with Crippen LogP contribution in [0.15, 0.2) is 6.20 Å². The molecule has 1 atom stereocenters. The van der Waals surface area contributed by atoms with Crippen LogP contribution in [0.3, 0.4) is 0 Å². The summed E-state index contributed by atoms with van der Waals surface area (Å²) in [7, 11) is 1.79. The van der Waals surface area contributed by atoms with Crippen molar-refractivity contribution in [2.45, 2.75) is 26.3 Å². The summed E-state index contributed by atoms with van der Waals surface area (Å²) >= 11 is 0. The van der Waals surface area contributed by atoms with Crippen LogP contribution < -0.4 is 5.73 Å². The molecule has 0 radical (unpaired) electrons. The van der Waals surface area contributed by atoms with Gasteiger partial charge in [-0.2, -0.15) is 5.10 Å². The Morgan fingerprint density at radius 2 is 2.33 bits per heavy atom. The highest BCUT2D eigenvalue weighted by atomic mass is 16.5. The number of hydrogen-bond acceptors (Lipinski definition) is 4. The second-order valence-electron chi connectivity index (χ2n) is 3.72. The van der Waals surface area contributed by atoms with Gasteiger partial charge in [0.05, 0.1) is 12.3 Å². The first-order chi connectivity index (χ1) is 6.89. The van der Waals surface area contributed by atoms with Crippen molar-refractivity contribution in [1.29, 1.82) is 0 Å². The summed E-state index contributed by atoms with van der Waals surface area (Å²) in [4.78, 5) is 11.6. The van der Waals surface area contributed by atoms with Crippen LogP contribution in [0, 0.1) is 6.92 Å². The van der Waals surface area contributed by atoms with E-state index in [1.165, 1.54) is 0 Å². The minimum Gasteiger partial charge on any atom is -0.464 e. The molecule has 1 aromatic heterocycles. The third kappa shape index (κ3) is 2.18. The van der Waals surface area contributed by atoms with Crippen molar-refractivity contribution in [3.8, 4) is 0 Å². The Balaban J connectivity index is 3.04. The number of nitrogens with two attached hydrogens (primary N) is 1. The average molecular weight is 211 g/mol. The number of ether oxygens (including phenoxy) is 1. The van der Waals surface area contributed by atoms with Crippen molar-refractivity contribution in [2.75, 3.05) is 6.61 Å². The molecule has 0 spiro atoms. The summed E-state index contributed by atoms with van der Waals surface area (Å²) < 4.78 is 6.56. The first-order valence-electron chi connectivity index (χ1n) is 4.86. The number of carbonyl (C=O) groups is 1. The van der Waals surface area contributed by atoms with Gasteiger partial charge in [0.25, 0.3) is 0 Å². The third-order valence-electron chi connectivity index (χ3n) is 2.27. The lowest BCUT2D eigenvalue weighted by molar-refractivity contribution is -0.149. The summed E-state index contributed by atoms with van der Waals surface area (Å²) in [5.74, 6) is -0.430. The van der Waals surface area contributed by atoms with Crippen molar-refractivity contribution in [1.82, 2.24) is 9.78 Å². The molecule has 0 aromatic carbocycles. The Labute approximate surface area is 89.2 Å². The number of aryl methyl sites for hydroxylation is 2. The van der Waals surface area contributed by atoms with E-state index in [-0.39, 0.29) is 0 Å². The van der Waals surface area contributed by atoms with Gasteiger partial charge in [0, 0.05) is 18.8 Å². The van der Waals surface area contributed by atoms with Crippen LogP contribution in [0.25, 0.3) is 0 Å². The van der Waals surface area contributed by atoms with Crippen molar-refractivity contribution >= 4 is 5.97 Å². The van der Waals surface area contributed by atoms with Crippen LogP contribution in [0.5, 0.6) is 0 Å². The summed E-state index contributed by atoms with van der Waals surface area (Å²) in [6.45, 7) is 5.53. The van der Waals surface area contributed by atoms with E-state index in [0.29, 0.717) is 12.2 Å². The van der Waals surface area contributed by atoms with E-state index < -0.39 is 11.5 Å². The van der Waals surface area contributed by atoms with Gasteiger partial charge >= 0.3 is 5.97 Å². The molecule has 84 valence electrons. The molecule has 0 aliphatic rings. The Bertz CT molecular complexity index is 369. The fraction of sp³-hybridized carbons (Fsp3) is 0.600. The molecule has 2 N–H and O–H groups in total. The molecule has 15 heavy (non-hydrogen) atoms. The maximum absolute atomic E-state index is 11.6. The zero-order valence-electron chi connectivity index (χ0n) is 9.57. The Morgan fingerprint density at radius 1 is 1.73 bits per heavy atom. The highest BCUT2D eigenvalue weighted by Crippen LogP contribution is 2.21. The summed E-state index contributed by atoms with van der Waals surface area (Å²) in [5.41, 5.74) is 6.27. The fourth-order valence-electron chi connectivity index (χ4n) is 1.50.